The van der Waals surface area contributed by atoms with Crippen LogP contribution in [0.2, 0.25) is 10.0 Å². The van der Waals surface area contributed by atoms with Gasteiger partial charge < -0.3 is 19.5 Å². The first-order valence-corrected chi connectivity index (χ1v) is 20.0. The Kier molecular flexibility index (Phi) is 12.9. The van der Waals surface area contributed by atoms with Gasteiger partial charge in [0, 0.05) is 25.2 Å². The molecule has 0 spiro atoms. The third-order valence-corrected chi connectivity index (χ3v) is 12.2. The maximum atomic E-state index is 13.5. The van der Waals surface area contributed by atoms with Gasteiger partial charge in [-0.25, -0.2) is 0 Å². The van der Waals surface area contributed by atoms with Gasteiger partial charge >= 0.3 is 5.97 Å². The Morgan fingerprint density at radius 1 is 0.926 bits per heavy atom. The number of rotatable bonds is 9. The van der Waals surface area contributed by atoms with Crippen molar-refractivity contribution in [3.05, 3.63) is 123 Å². The molecule has 1 fully saturated rings. The van der Waals surface area contributed by atoms with E-state index in [-0.39, 0.29) is 11.9 Å². The summed E-state index contributed by atoms with van der Waals surface area (Å²) in [5, 5.41) is 11.2. The molecule has 4 aromatic carbocycles. The highest BCUT2D eigenvalue weighted by Crippen LogP contribution is 2.43. The number of ether oxygens (including phenoxy) is 2. The summed E-state index contributed by atoms with van der Waals surface area (Å²) in [6.45, 7) is 9.97. The molecule has 0 saturated heterocycles. The van der Waals surface area contributed by atoms with Crippen LogP contribution in [-0.2, 0) is 29.2 Å². The number of hydrogen-bond acceptors (Lipinski definition) is 5. The van der Waals surface area contributed by atoms with Crippen LogP contribution in [-0.4, -0.2) is 35.0 Å². The van der Waals surface area contributed by atoms with Crippen LogP contribution in [0.5, 0.6) is 11.5 Å². The lowest BCUT2D eigenvalue weighted by atomic mass is 9.78. The van der Waals surface area contributed by atoms with E-state index in [0.717, 1.165) is 46.4 Å². The first-order valence-electron chi connectivity index (χ1n) is 19.2. The molecule has 3 aliphatic rings. The fourth-order valence-corrected chi connectivity index (χ4v) is 8.36. The summed E-state index contributed by atoms with van der Waals surface area (Å²) in [6.07, 6.45) is 6.21. The number of carbonyl (C=O) groups excluding carboxylic acids is 1. The van der Waals surface area contributed by atoms with Crippen molar-refractivity contribution in [2.75, 3.05) is 11.9 Å². The molecule has 1 unspecified atom stereocenters. The molecule has 4 aromatic rings. The molecule has 2 heterocycles. The van der Waals surface area contributed by atoms with Gasteiger partial charge in [0.05, 0.1) is 15.7 Å². The summed E-state index contributed by atoms with van der Waals surface area (Å²) in [5.74, 6) is 3.15. The predicted octanol–water partition coefficient (Wildman–Crippen LogP) is 11.1. The van der Waals surface area contributed by atoms with Crippen molar-refractivity contribution >= 4 is 40.8 Å². The smallest absolute Gasteiger partial charge is 0.321 e. The van der Waals surface area contributed by atoms with Crippen LogP contribution in [0.3, 0.4) is 0 Å². The van der Waals surface area contributed by atoms with Crippen LogP contribution >= 0.6 is 23.2 Å². The zero-order chi connectivity index (χ0) is 38.5. The molecular formula is C45H52Cl2N2O5. The Bertz CT molecular complexity index is 1910. The standard InChI is InChI=1S/C35H32Cl2N2O5.C10H20/c1-3-29(22-7-5-4-6-8-22)39-19-25-18-32-30(16-24(25)17-31(39)35(41)42)38(2)34(40)33(44-32)23-10-12-26(13-11-23)43-20-21-9-14-27(36)28(37)15-21;1-8(2)10-6-4-9(3)5-7-10/h4-16,18,29,31,33H,3,17,19-20H2,1-2H3,(H,41,42);8-10H,4-7H2,1-3H3/t29-,31?,33-;/m1./s1. The number of nitrogens with zero attached hydrogens (tertiary/aromatic N) is 2. The maximum absolute atomic E-state index is 13.5. The van der Waals surface area contributed by atoms with Gasteiger partial charge in [-0.05, 0) is 102 Å². The van der Waals surface area contributed by atoms with Gasteiger partial charge in [-0.1, -0.05) is 112 Å². The normalized spacial score (nSPS) is 21.6. The number of fused-ring (bicyclic) bond motifs is 2. The number of aliphatic carboxylic acids is 1. The SMILES string of the molecule is CC1CCC(C(C)C)CC1.CC[C@H](c1ccccc1)N1Cc2cc3c(cc2CC1C(=O)O)N(C)C(=O)[C@@H](c1ccc(OCc2ccc(Cl)c(Cl)c2)cc1)O3. The molecule has 9 heteroatoms. The summed E-state index contributed by atoms with van der Waals surface area (Å²) in [7, 11) is 1.73. The molecule has 0 radical (unpaired) electrons. The van der Waals surface area contributed by atoms with Crippen molar-refractivity contribution in [2.45, 2.75) is 97.6 Å². The largest absolute Gasteiger partial charge is 0.489 e. The Hall–Kier alpha value is -4.04. The lowest BCUT2D eigenvalue weighted by Crippen LogP contribution is -2.47. The van der Waals surface area contributed by atoms with Crippen LogP contribution in [0.1, 0.15) is 99.8 Å². The highest BCUT2D eigenvalue weighted by molar-refractivity contribution is 6.42. The summed E-state index contributed by atoms with van der Waals surface area (Å²) in [4.78, 5) is 29.6. The van der Waals surface area contributed by atoms with E-state index in [2.05, 4.69) is 32.6 Å². The molecule has 3 atom stereocenters. The van der Waals surface area contributed by atoms with E-state index >= 15 is 0 Å². The molecule has 286 valence electrons. The summed E-state index contributed by atoms with van der Waals surface area (Å²) >= 11 is 12.1. The Balaban J connectivity index is 0.000000432. The summed E-state index contributed by atoms with van der Waals surface area (Å²) in [6, 6.07) is 25.8. The Morgan fingerprint density at radius 3 is 2.26 bits per heavy atom. The van der Waals surface area contributed by atoms with Crippen LogP contribution < -0.4 is 14.4 Å². The third-order valence-electron chi connectivity index (χ3n) is 11.4. The number of anilines is 1. The van der Waals surface area contributed by atoms with Crippen molar-refractivity contribution < 1.29 is 24.2 Å². The number of carbonyl (C=O) groups is 2. The van der Waals surface area contributed by atoms with E-state index in [9.17, 15) is 14.7 Å². The van der Waals surface area contributed by atoms with Gasteiger partial charge in [0.1, 0.15) is 24.1 Å². The van der Waals surface area contributed by atoms with Crippen LogP contribution in [0.4, 0.5) is 5.69 Å². The molecule has 1 saturated carbocycles. The minimum atomic E-state index is -0.854. The van der Waals surface area contributed by atoms with E-state index in [1.54, 1.807) is 24.1 Å². The Labute approximate surface area is 330 Å². The molecule has 1 aliphatic carbocycles. The van der Waals surface area contributed by atoms with Gasteiger partial charge in [-0.2, -0.15) is 0 Å². The van der Waals surface area contributed by atoms with Gasteiger partial charge in [-0.15, -0.1) is 0 Å². The first-order chi connectivity index (χ1) is 25.9. The molecule has 0 aromatic heterocycles. The highest BCUT2D eigenvalue weighted by Gasteiger charge is 2.39. The zero-order valence-electron chi connectivity index (χ0n) is 31.9. The van der Waals surface area contributed by atoms with E-state index in [0.29, 0.717) is 52.4 Å². The van der Waals surface area contributed by atoms with Gasteiger partial charge in [0.2, 0.25) is 6.10 Å². The maximum Gasteiger partial charge on any atom is 0.321 e. The highest BCUT2D eigenvalue weighted by atomic mass is 35.5. The Morgan fingerprint density at radius 2 is 1.63 bits per heavy atom. The van der Waals surface area contributed by atoms with Gasteiger partial charge in [-0.3, -0.25) is 14.5 Å². The molecule has 1 amide bonds. The number of carboxylic acids is 1. The number of benzene rings is 4. The first kappa shape index (κ1) is 39.6. The number of halogens is 2. The quantitative estimate of drug-likeness (QED) is 0.183. The third kappa shape index (κ3) is 9.07. The number of amides is 1. The average molecular weight is 772 g/mol. The number of carboxylic acid groups (broad SMARTS) is 1. The van der Waals surface area contributed by atoms with Crippen molar-refractivity contribution in [3.8, 4) is 11.5 Å². The van der Waals surface area contributed by atoms with Gasteiger partial charge in [0.25, 0.3) is 5.91 Å². The average Bonchev–Trinajstić information content (AvgIpc) is 3.17. The fraction of sp³-hybridized carbons (Fsp3) is 0.422. The molecule has 0 bridgehead atoms. The van der Waals surface area contributed by atoms with E-state index < -0.39 is 18.1 Å². The minimum Gasteiger partial charge on any atom is -0.489 e. The predicted molar refractivity (Wildman–Crippen MR) is 217 cm³/mol. The van der Waals surface area contributed by atoms with Crippen molar-refractivity contribution in [1.82, 2.24) is 4.90 Å². The second-order valence-corrected chi connectivity index (χ2v) is 16.2. The monoisotopic (exact) mass is 770 g/mol. The molecular weight excluding hydrogens is 719 g/mol. The van der Waals surface area contributed by atoms with E-state index in [4.69, 9.17) is 32.7 Å². The lowest BCUT2D eigenvalue weighted by Gasteiger charge is -2.41. The van der Waals surface area contributed by atoms with Crippen LogP contribution in [0.25, 0.3) is 0 Å². The van der Waals surface area contributed by atoms with Crippen molar-refractivity contribution in [3.63, 3.8) is 0 Å². The topological polar surface area (TPSA) is 79.3 Å². The van der Waals surface area contributed by atoms with Gasteiger partial charge in [0.15, 0.2) is 0 Å². The van der Waals surface area contributed by atoms with E-state index in [1.165, 1.54) is 25.7 Å². The fourth-order valence-electron chi connectivity index (χ4n) is 8.04. The second-order valence-electron chi connectivity index (χ2n) is 15.4. The molecule has 7 nitrogen and oxygen atoms in total. The lowest BCUT2D eigenvalue weighted by molar-refractivity contribution is -0.145. The minimum absolute atomic E-state index is 0.0446. The molecule has 7 rings (SSSR count). The molecule has 2 aliphatic heterocycles. The zero-order valence-corrected chi connectivity index (χ0v) is 33.4. The van der Waals surface area contributed by atoms with Crippen molar-refractivity contribution in [1.29, 1.82) is 0 Å². The molecule has 54 heavy (non-hydrogen) atoms. The van der Waals surface area contributed by atoms with Crippen LogP contribution in [0.15, 0.2) is 84.9 Å². The number of likely N-dealkylation sites (N-methyl/N-ethyl adjacent to an activating group) is 1. The second kappa shape index (κ2) is 17.6. The number of hydrogen-bond donors (Lipinski definition) is 1. The van der Waals surface area contributed by atoms with Crippen molar-refractivity contribution in [2.24, 2.45) is 17.8 Å². The summed E-state index contributed by atoms with van der Waals surface area (Å²) in [5.41, 5.74) is 5.24. The van der Waals surface area contributed by atoms with E-state index in [1.807, 2.05) is 72.8 Å². The molecule has 1 N–H and O–H groups in total. The summed E-state index contributed by atoms with van der Waals surface area (Å²) < 4.78 is 12.3. The van der Waals surface area contributed by atoms with Crippen LogP contribution in [0, 0.1) is 17.8 Å².